The van der Waals surface area contributed by atoms with Crippen LogP contribution in [0.1, 0.15) is 259 Å². The van der Waals surface area contributed by atoms with Crippen LogP contribution in [-0.2, 0) is 65.4 Å². The molecule has 0 aromatic carbocycles. The van der Waals surface area contributed by atoms with Gasteiger partial charge in [0.2, 0.25) is 0 Å². The van der Waals surface area contributed by atoms with Crippen LogP contribution in [0.3, 0.4) is 0 Å². The number of esters is 4. The average Bonchev–Trinajstić information content (AvgIpc) is 0.896. The van der Waals surface area contributed by atoms with Gasteiger partial charge in [-0.3, -0.25) is 37.3 Å². The van der Waals surface area contributed by atoms with Crippen LogP contribution in [0.15, 0.2) is 219 Å². The fourth-order valence-corrected chi connectivity index (χ4v) is 11.1. The Balaban J connectivity index is 5.56. The van der Waals surface area contributed by atoms with Gasteiger partial charge in [0, 0.05) is 19.3 Å². The van der Waals surface area contributed by atoms with E-state index in [1.807, 2.05) is 36.5 Å². The average molecular weight is 1540 g/mol. The van der Waals surface area contributed by atoms with Crippen LogP contribution in [0.2, 0.25) is 0 Å². The predicted octanol–water partition coefficient (Wildman–Crippen LogP) is 23.7. The smallest absolute Gasteiger partial charge is 0.462 e. The van der Waals surface area contributed by atoms with E-state index in [2.05, 4.69) is 204 Å². The van der Waals surface area contributed by atoms with Crippen molar-refractivity contribution in [1.82, 2.24) is 0 Å². The molecule has 0 aliphatic heterocycles. The van der Waals surface area contributed by atoms with Gasteiger partial charge in [-0.15, -0.1) is 0 Å². The van der Waals surface area contributed by atoms with E-state index >= 15 is 0 Å². The second-order valence-electron chi connectivity index (χ2n) is 25.5. The fourth-order valence-electron chi connectivity index (χ4n) is 9.56. The van der Waals surface area contributed by atoms with E-state index in [-0.39, 0.29) is 25.7 Å². The summed E-state index contributed by atoms with van der Waals surface area (Å²) in [5, 5.41) is 10.6. The van der Waals surface area contributed by atoms with Crippen molar-refractivity contribution in [3.8, 4) is 0 Å². The Morgan fingerprint density at radius 3 is 0.815 bits per heavy atom. The zero-order chi connectivity index (χ0) is 78.9. The minimum atomic E-state index is -5.02. The Morgan fingerprint density at radius 1 is 0.269 bits per heavy atom. The van der Waals surface area contributed by atoms with Crippen LogP contribution in [0.4, 0.5) is 0 Å². The zero-order valence-electron chi connectivity index (χ0n) is 66.2. The van der Waals surface area contributed by atoms with Gasteiger partial charge in [-0.05, 0) is 161 Å². The molecular formula is C89H138O17P2. The highest BCUT2D eigenvalue weighted by Gasteiger charge is 2.30. The number of aliphatic hydroxyl groups excluding tert-OH is 1. The highest BCUT2D eigenvalue weighted by atomic mass is 31.2. The number of rotatable bonds is 72. The Bertz CT molecular complexity index is 2910. The molecule has 0 aromatic rings. The zero-order valence-corrected chi connectivity index (χ0v) is 68.0. The standard InChI is InChI=1S/C89H138O17P2/c1-5-9-13-17-21-25-29-33-37-39-41-43-47-50-54-58-62-66-70-74-87(92)100-80-85(106-89(94)76-72-68-64-60-56-52-48-44-42-40-38-34-30-26-22-18-14-10-6-2)82-104-108(97,98)102-78-83(90)77-101-107(95,96)103-81-84(105-88(93)75-71-67-63-59-55-51-46-36-32-28-24-20-16-12-8-4)79-99-86(91)73-69-65-61-57-53-49-45-35-31-27-23-19-15-11-7-3/h9-16,21-28,33-38,41-46,50,53-54,57,62,65-66,69,83-85,90H,5-8,17-20,29-32,39-40,47-49,51-52,55-56,58-61,63-64,67-68,70-82H2,1-4H3,(H,95,96)(H,97,98)/b13-9-,14-10-,15-11-,16-12-,25-21-,26-22-,27-23-,28-24-,37-33-,38-34-,43-41-,44-42-,45-35-,46-36-,54-50-,57-53-,66-62-,69-65-. The van der Waals surface area contributed by atoms with Gasteiger partial charge >= 0.3 is 39.5 Å². The second kappa shape index (κ2) is 78.5. The van der Waals surface area contributed by atoms with Crippen molar-refractivity contribution in [3.05, 3.63) is 219 Å². The molecule has 0 saturated heterocycles. The van der Waals surface area contributed by atoms with E-state index in [1.54, 1.807) is 6.08 Å². The summed E-state index contributed by atoms with van der Waals surface area (Å²) in [5.74, 6) is -2.48. The third-order valence-corrected chi connectivity index (χ3v) is 17.4. The first kappa shape index (κ1) is 101. The van der Waals surface area contributed by atoms with Crippen molar-refractivity contribution in [2.45, 2.75) is 277 Å². The summed E-state index contributed by atoms with van der Waals surface area (Å²) in [7, 11) is -10.0. The maximum absolute atomic E-state index is 13.1. The van der Waals surface area contributed by atoms with E-state index in [9.17, 15) is 43.2 Å². The molecule has 0 fully saturated rings. The quantitative estimate of drug-likeness (QED) is 0.0169. The molecule has 108 heavy (non-hydrogen) atoms. The highest BCUT2D eigenvalue weighted by Crippen LogP contribution is 2.45. The van der Waals surface area contributed by atoms with E-state index < -0.39 is 97.5 Å². The van der Waals surface area contributed by atoms with Crippen molar-refractivity contribution in [2.24, 2.45) is 0 Å². The molecule has 3 N–H and O–H groups in total. The van der Waals surface area contributed by atoms with E-state index in [0.29, 0.717) is 32.1 Å². The number of carbonyl (C=O) groups is 4. The van der Waals surface area contributed by atoms with Crippen LogP contribution in [0.25, 0.3) is 0 Å². The van der Waals surface area contributed by atoms with Crippen molar-refractivity contribution in [1.29, 1.82) is 0 Å². The van der Waals surface area contributed by atoms with Gasteiger partial charge in [-0.1, -0.05) is 291 Å². The third kappa shape index (κ3) is 77.5. The van der Waals surface area contributed by atoms with Crippen LogP contribution in [-0.4, -0.2) is 96.7 Å². The van der Waals surface area contributed by atoms with E-state index in [0.717, 1.165) is 173 Å². The van der Waals surface area contributed by atoms with Gasteiger partial charge in [0.25, 0.3) is 0 Å². The summed E-state index contributed by atoms with van der Waals surface area (Å²) in [6.07, 6.45) is 99.6. The first-order valence-electron chi connectivity index (χ1n) is 40.0. The molecule has 0 aromatic heterocycles. The minimum Gasteiger partial charge on any atom is -0.462 e. The summed E-state index contributed by atoms with van der Waals surface area (Å²) in [4.78, 5) is 73.0. The Hall–Kier alpha value is -6.62. The number of phosphoric acid groups is 2. The number of ether oxygens (including phenoxy) is 4. The minimum absolute atomic E-state index is 0.0211. The van der Waals surface area contributed by atoms with E-state index in [1.165, 1.54) is 0 Å². The van der Waals surface area contributed by atoms with Crippen molar-refractivity contribution >= 4 is 39.5 Å². The van der Waals surface area contributed by atoms with Crippen LogP contribution in [0.5, 0.6) is 0 Å². The predicted molar refractivity (Wildman–Crippen MR) is 445 cm³/mol. The maximum Gasteiger partial charge on any atom is 0.472 e. The molecule has 0 rings (SSSR count). The number of aliphatic hydroxyl groups is 1. The molecule has 0 saturated carbocycles. The molecule has 0 aliphatic carbocycles. The lowest BCUT2D eigenvalue weighted by Gasteiger charge is -2.21. The SMILES string of the molecule is CC/C=C\C/C=C\C/C=C\C/C=C\C/C=C\C/C=C\CCC(=O)OCC(COP(=O)(O)OCC(O)COP(=O)(O)OCC(COC(=O)C/C=C\C/C=C\C/C=C\C/C=C\C/C=C\CC)OC(=O)CCCCCCC/C=C\C/C=C\C/C=C\CC)OC(=O)CCCCCCCC/C=C\C/C=C\C/C=C\C/C=C\CC. The Labute approximate surface area is 651 Å². The molecule has 606 valence electrons. The number of hydrogen-bond donors (Lipinski definition) is 3. The van der Waals surface area contributed by atoms with Gasteiger partial charge in [-0.25, -0.2) is 9.13 Å². The first-order valence-corrected chi connectivity index (χ1v) is 43.0. The lowest BCUT2D eigenvalue weighted by molar-refractivity contribution is -0.161. The Kier molecular flexibility index (Phi) is 73.7. The second-order valence-corrected chi connectivity index (χ2v) is 28.4. The number of allylic oxidation sites excluding steroid dienone is 35. The number of carbonyl (C=O) groups excluding carboxylic acids is 4. The summed E-state index contributed by atoms with van der Waals surface area (Å²) in [6, 6.07) is 0. The molecule has 0 bridgehead atoms. The summed E-state index contributed by atoms with van der Waals surface area (Å²) >= 11 is 0. The number of phosphoric ester groups is 2. The summed E-state index contributed by atoms with van der Waals surface area (Å²) < 4.78 is 68.4. The molecular weight excluding hydrogens is 1400 g/mol. The molecule has 0 radical (unpaired) electrons. The molecule has 19 heteroatoms. The molecule has 0 heterocycles. The normalized spacial score (nSPS) is 15.0. The van der Waals surface area contributed by atoms with Crippen LogP contribution >= 0.6 is 15.6 Å². The molecule has 0 aliphatic rings. The van der Waals surface area contributed by atoms with Gasteiger partial charge < -0.3 is 33.8 Å². The maximum atomic E-state index is 13.1. The number of unbranched alkanes of at least 4 members (excludes halogenated alkanes) is 11. The van der Waals surface area contributed by atoms with Crippen molar-refractivity contribution in [2.75, 3.05) is 39.6 Å². The Morgan fingerprint density at radius 2 is 0.509 bits per heavy atom. The fraction of sp³-hybridized carbons (Fsp3) is 0.551. The van der Waals surface area contributed by atoms with Crippen LogP contribution in [0, 0.1) is 0 Å². The topological polar surface area (TPSA) is 237 Å². The molecule has 0 amide bonds. The first-order chi connectivity index (χ1) is 52.7. The van der Waals surface area contributed by atoms with Gasteiger partial charge in [-0.2, -0.15) is 0 Å². The largest absolute Gasteiger partial charge is 0.472 e. The molecule has 17 nitrogen and oxygen atoms in total. The van der Waals surface area contributed by atoms with Crippen molar-refractivity contribution < 1.29 is 80.2 Å². The lowest BCUT2D eigenvalue weighted by atomic mass is 10.1. The lowest BCUT2D eigenvalue weighted by Crippen LogP contribution is -2.30. The van der Waals surface area contributed by atoms with Crippen LogP contribution < -0.4 is 0 Å². The van der Waals surface area contributed by atoms with Gasteiger partial charge in [0.1, 0.15) is 19.3 Å². The highest BCUT2D eigenvalue weighted by molar-refractivity contribution is 7.47. The van der Waals surface area contributed by atoms with E-state index in [4.69, 9.17) is 37.0 Å². The van der Waals surface area contributed by atoms with Crippen molar-refractivity contribution in [3.63, 3.8) is 0 Å². The molecule has 5 unspecified atom stereocenters. The molecule has 0 spiro atoms. The monoisotopic (exact) mass is 1540 g/mol. The summed E-state index contributed by atoms with van der Waals surface area (Å²) in [5.41, 5.74) is 0. The number of hydrogen-bond acceptors (Lipinski definition) is 15. The van der Waals surface area contributed by atoms with Gasteiger partial charge in [0.05, 0.1) is 32.8 Å². The molecule has 5 atom stereocenters. The summed E-state index contributed by atoms with van der Waals surface area (Å²) in [6.45, 7) is 4.14. The third-order valence-electron chi connectivity index (χ3n) is 15.5. The van der Waals surface area contributed by atoms with Gasteiger partial charge in [0.15, 0.2) is 12.2 Å².